The number of anilines is 1. The van der Waals surface area contributed by atoms with E-state index in [1.165, 1.54) is 16.5 Å². The molecule has 1 unspecified atom stereocenters. The van der Waals surface area contributed by atoms with Gasteiger partial charge in [0, 0.05) is 37.1 Å². The van der Waals surface area contributed by atoms with Crippen LogP contribution in [-0.4, -0.2) is 43.0 Å². The number of hydrogen-bond donors (Lipinski definition) is 1. The van der Waals surface area contributed by atoms with Gasteiger partial charge in [0.1, 0.15) is 17.6 Å². The molecule has 4 nitrogen and oxygen atoms in total. The summed E-state index contributed by atoms with van der Waals surface area (Å²) in [5.41, 5.74) is 0.857. The standard InChI is InChI=1S/C21H25FN2O2S/c1-23(10-11-25)20-12-15-13-24(9-8-19(15)27-20)21(14-26,16-6-7-16)17-4-2-3-5-18(17)22/h2-5,12,14,16,25H,6-11,13H2,1H3. The Balaban J connectivity index is 1.68. The van der Waals surface area contributed by atoms with Gasteiger partial charge in [0.15, 0.2) is 0 Å². The van der Waals surface area contributed by atoms with E-state index in [2.05, 4.69) is 15.9 Å². The Morgan fingerprint density at radius 2 is 2.19 bits per heavy atom. The molecule has 1 aromatic heterocycles. The monoisotopic (exact) mass is 388 g/mol. The van der Waals surface area contributed by atoms with E-state index in [4.69, 9.17) is 0 Å². The zero-order valence-corrected chi connectivity index (χ0v) is 16.3. The third-order valence-corrected chi connectivity index (χ3v) is 7.22. The Labute approximate surface area is 163 Å². The van der Waals surface area contributed by atoms with Crippen LogP contribution in [0.4, 0.5) is 9.39 Å². The highest BCUT2D eigenvalue weighted by molar-refractivity contribution is 7.16. The molecule has 0 spiro atoms. The molecule has 0 radical (unpaired) electrons. The summed E-state index contributed by atoms with van der Waals surface area (Å²) in [6.07, 6.45) is 3.78. The first-order valence-electron chi connectivity index (χ1n) is 9.50. The van der Waals surface area contributed by atoms with E-state index in [0.29, 0.717) is 18.7 Å². The van der Waals surface area contributed by atoms with Crippen molar-refractivity contribution in [3.05, 3.63) is 52.2 Å². The van der Waals surface area contributed by atoms with Crippen LogP contribution in [0.2, 0.25) is 0 Å². The summed E-state index contributed by atoms with van der Waals surface area (Å²) >= 11 is 1.75. The first kappa shape index (κ1) is 18.6. The highest BCUT2D eigenvalue weighted by Crippen LogP contribution is 2.50. The quantitative estimate of drug-likeness (QED) is 0.740. The molecule has 6 heteroatoms. The normalized spacial score (nSPS) is 19.4. The molecule has 1 atom stereocenters. The lowest BCUT2D eigenvalue weighted by Gasteiger charge is -2.43. The number of thiophene rings is 1. The van der Waals surface area contributed by atoms with Crippen LogP contribution in [-0.2, 0) is 23.3 Å². The van der Waals surface area contributed by atoms with Gasteiger partial charge in [-0.2, -0.15) is 0 Å². The van der Waals surface area contributed by atoms with Gasteiger partial charge < -0.3 is 14.8 Å². The van der Waals surface area contributed by atoms with Crippen molar-refractivity contribution in [1.82, 2.24) is 4.90 Å². The van der Waals surface area contributed by atoms with Crippen LogP contribution >= 0.6 is 11.3 Å². The van der Waals surface area contributed by atoms with Crippen LogP contribution in [0.15, 0.2) is 30.3 Å². The van der Waals surface area contributed by atoms with Crippen molar-refractivity contribution in [2.45, 2.75) is 31.3 Å². The van der Waals surface area contributed by atoms with Crippen molar-refractivity contribution in [3.8, 4) is 0 Å². The van der Waals surface area contributed by atoms with Gasteiger partial charge in [-0.1, -0.05) is 18.2 Å². The number of aliphatic hydroxyl groups is 1. The van der Waals surface area contributed by atoms with Gasteiger partial charge >= 0.3 is 0 Å². The van der Waals surface area contributed by atoms with Crippen molar-refractivity contribution in [3.63, 3.8) is 0 Å². The molecule has 1 aromatic carbocycles. The van der Waals surface area contributed by atoms with Crippen molar-refractivity contribution >= 4 is 22.6 Å². The van der Waals surface area contributed by atoms with Gasteiger partial charge in [-0.15, -0.1) is 11.3 Å². The topological polar surface area (TPSA) is 43.8 Å². The van der Waals surface area contributed by atoms with Gasteiger partial charge in [0.05, 0.1) is 11.6 Å². The van der Waals surface area contributed by atoms with Crippen molar-refractivity contribution in [2.24, 2.45) is 5.92 Å². The van der Waals surface area contributed by atoms with Crippen LogP contribution in [0.1, 0.15) is 28.8 Å². The summed E-state index contributed by atoms with van der Waals surface area (Å²) in [5, 5.41) is 10.3. The van der Waals surface area contributed by atoms with Crippen LogP contribution in [0, 0.1) is 11.7 Å². The molecule has 27 heavy (non-hydrogen) atoms. The fourth-order valence-corrected chi connectivity index (χ4v) is 5.42. The number of aliphatic hydroxyl groups excluding tert-OH is 1. The lowest BCUT2D eigenvalue weighted by atomic mass is 9.82. The molecule has 4 rings (SSSR count). The van der Waals surface area contributed by atoms with Crippen molar-refractivity contribution < 1.29 is 14.3 Å². The summed E-state index contributed by atoms with van der Waals surface area (Å²) in [7, 11) is 1.98. The third-order valence-electron chi connectivity index (χ3n) is 5.87. The molecule has 1 N–H and O–H groups in total. The Morgan fingerprint density at radius 1 is 1.41 bits per heavy atom. The van der Waals surface area contributed by atoms with E-state index in [-0.39, 0.29) is 18.3 Å². The highest BCUT2D eigenvalue weighted by atomic mass is 32.1. The summed E-state index contributed by atoms with van der Waals surface area (Å²) in [6, 6.07) is 8.88. The molecule has 2 aliphatic rings. The molecule has 0 bridgehead atoms. The minimum atomic E-state index is -0.873. The second-order valence-electron chi connectivity index (χ2n) is 7.55. The molecule has 144 valence electrons. The fourth-order valence-electron chi connectivity index (χ4n) is 4.27. The van der Waals surface area contributed by atoms with E-state index in [1.807, 2.05) is 13.1 Å². The van der Waals surface area contributed by atoms with Crippen LogP contribution < -0.4 is 4.90 Å². The van der Waals surface area contributed by atoms with E-state index in [1.54, 1.807) is 23.5 Å². The molecule has 2 heterocycles. The number of rotatable bonds is 7. The maximum atomic E-state index is 14.7. The molecule has 0 amide bonds. The Kier molecular flexibility index (Phi) is 5.05. The molecular formula is C21H25FN2O2S. The molecule has 2 aromatic rings. The average Bonchev–Trinajstić information content (AvgIpc) is 3.43. The largest absolute Gasteiger partial charge is 0.395 e. The van der Waals surface area contributed by atoms with Crippen LogP contribution in [0.3, 0.4) is 0 Å². The van der Waals surface area contributed by atoms with E-state index < -0.39 is 5.54 Å². The number of carbonyl (C=O) groups excluding carboxylic acids is 1. The highest BCUT2D eigenvalue weighted by Gasteiger charge is 2.52. The first-order valence-corrected chi connectivity index (χ1v) is 10.3. The number of likely N-dealkylation sites (N-methyl/N-ethyl adjacent to an activating group) is 1. The summed E-state index contributed by atoms with van der Waals surface area (Å²) in [5.74, 6) is -0.111. The lowest BCUT2D eigenvalue weighted by molar-refractivity contribution is -0.122. The molecule has 1 fully saturated rings. The van der Waals surface area contributed by atoms with E-state index in [0.717, 1.165) is 37.1 Å². The number of fused-ring (bicyclic) bond motifs is 1. The van der Waals surface area contributed by atoms with Gasteiger partial charge in [0.25, 0.3) is 0 Å². The fraction of sp³-hybridized carbons (Fsp3) is 0.476. The van der Waals surface area contributed by atoms with Crippen LogP contribution in [0.5, 0.6) is 0 Å². The van der Waals surface area contributed by atoms with Gasteiger partial charge in [0.2, 0.25) is 0 Å². The van der Waals surface area contributed by atoms with E-state index >= 15 is 0 Å². The summed E-state index contributed by atoms with van der Waals surface area (Å²) < 4.78 is 14.7. The number of halogens is 1. The Morgan fingerprint density at radius 3 is 2.85 bits per heavy atom. The second kappa shape index (κ2) is 7.34. The number of hydrogen-bond acceptors (Lipinski definition) is 5. The van der Waals surface area contributed by atoms with E-state index in [9.17, 15) is 14.3 Å². The zero-order chi connectivity index (χ0) is 19.0. The van der Waals surface area contributed by atoms with Crippen LogP contribution in [0.25, 0.3) is 0 Å². The van der Waals surface area contributed by atoms with Gasteiger partial charge in [-0.25, -0.2) is 4.39 Å². The number of nitrogens with zero attached hydrogens (tertiary/aromatic N) is 2. The second-order valence-corrected chi connectivity index (χ2v) is 8.66. The minimum Gasteiger partial charge on any atom is -0.395 e. The Hall–Kier alpha value is -1.76. The summed E-state index contributed by atoms with van der Waals surface area (Å²) in [4.78, 5) is 18.0. The maximum Gasteiger partial charge on any atom is 0.145 e. The number of carbonyl (C=O) groups is 1. The molecule has 0 saturated heterocycles. The third kappa shape index (κ3) is 3.20. The molecule has 1 aliphatic carbocycles. The predicted octanol–water partition coefficient (Wildman–Crippen LogP) is 3.18. The maximum absolute atomic E-state index is 14.7. The average molecular weight is 389 g/mol. The lowest BCUT2D eigenvalue weighted by Crippen LogP contribution is -2.51. The number of benzene rings is 1. The van der Waals surface area contributed by atoms with Crippen molar-refractivity contribution in [1.29, 1.82) is 0 Å². The SMILES string of the molecule is CN(CCO)c1cc2c(s1)CCN(C(C=O)(c1ccccc1F)C1CC1)C2. The predicted molar refractivity (Wildman–Crippen MR) is 106 cm³/mol. The molecule has 1 saturated carbocycles. The Bertz CT molecular complexity index is 835. The number of aldehydes is 1. The van der Waals surface area contributed by atoms with Gasteiger partial charge in [-0.05, 0) is 42.9 Å². The zero-order valence-electron chi connectivity index (χ0n) is 15.5. The smallest absolute Gasteiger partial charge is 0.145 e. The molecule has 1 aliphatic heterocycles. The molecular weight excluding hydrogens is 363 g/mol. The first-order chi connectivity index (χ1) is 13.1. The van der Waals surface area contributed by atoms with Crippen molar-refractivity contribution in [2.75, 3.05) is 31.6 Å². The summed E-state index contributed by atoms with van der Waals surface area (Å²) in [6.45, 7) is 2.12. The van der Waals surface area contributed by atoms with Gasteiger partial charge in [-0.3, -0.25) is 4.90 Å². The minimum absolute atomic E-state index is 0.119.